The first-order valence-corrected chi connectivity index (χ1v) is 8.73. The zero-order valence-electron chi connectivity index (χ0n) is 14.8. The average Bonchev–Trinajstić information content (AvgIpc) is 2.43. The van der Waals surface area contributed by atoms with Gasteiger partial charge in [-0.2, -0.15) is 0 Å². The molecule has 0 aromatic carbocycles. The van der Waals surface area contributed by atoms with Crippen molar-refractivity contribution in [3.8, 4) is 0 Å². The summed E-state index contributed by atoms with van der Waals surface area (Å²) < 4.78 is 4.76. The lowest BCUT2D eigenvalue weighted by Crippen LogP contribution is -2.49. The van der Waals surface area contributed by atoms with E-state index < -0.39 is 0 Å². The number of rotatable bonds is 5. The largest absolute Gasteiger partial charge is 0.437 e. The Hall–Kier alpha value is -1.05. The Morgan fingerprint density at radius 1 is 1.36 bits per heavy atom. The summed E-state index contributed by atoms with van der Waals surface area (Å²) in [6.45, 7) is 14.4. The van der Waals surface area contributed by atoms with E-state index in [4.69, 9.17) is 4.74 Å². The van der Waals surface area contributed by atoms with Gasteiger partial charge in [0.15, 0.2) is 0 Å². The van der Waals surface area contributed by atoms with Gasteiger partial charge in [0.2, 0.25) is 0 Å². The van der Waals surface area contributed by atoms with Gasteiger partial charge >= 0.3 is 0 Å². The maximum atomic E-state index is 10.3. The third kappa shape index (κ3) is 3.31. The lowest BCUT2D eigenvalue weighted by molar-refractivity contribution is -0.123. The van der Waals surface area contributed by atoms with Gasteiger partial charge in [0.25, 0.3) is 6.47 Å². The molecule has 0 aromatic rings. The van der Waals surface area contributed by atoms with Gasteiger partial charge in [-0.1, -0.05) is 39.3 Å². The molecule has 3 atom stereocenters. The minimum Gasteiger partial charge on any atom is -0.437 e. The van der Waals surface area contributed by atoms with Crippen LogP contribution in [0, 0.1) is 22.7 Å². The molecule has 0 radical (unpaired) electrons. The fourth-order valence-electron chi connectivity index (χ4n) is 5.38. The molecule has 22 heavy (non-hydrogen) atoms. The minimum atomic E-state index is 0.392. The van der Waals surface area contributed by atoms with E-state index in [1.165, 1.54) is 37.7 Å². The van der Waals surface area contributed by atoms with E-state index in [1.54, 1.807) is 6.26 Å². The Bertz CT molecular complexity index is 460. The normalized spacial score (nSPS) is 34.9. The highest BCUT2D eigenvalue weighted by Crippen LogP contribution is 2.61. The molecule has 2 fully saturated rings. The fraction of sp³-hybridized carbons (Fsp3) is 0.750. The van der Waals surface area contributed by atoms with Crippen molar-refractivity contribution in [3.05, 3.63) is 24.0 Å². The number of hydrogen-bond acceptors (Lipinski definition) is 2. The molecule has 2 saturated carbocycles. The first kappa shape index (κ1) is 17.3. The van der Waals surface area contributed by atoms with Gasteiger partial charge in [0, 0.05) is 0 Å². The molecule has 0 amide bonds. The maximum absolute atomic E-state index is 10.3. The summed E-state index contributed by atoms with van der Waals surface area (Å²) in [5, 5.41) is 0. The number of carbonyl (C=O) groups is 1. The Labute approximate surface area is 136 Å². The second kappa shape index (κ2) is 6.60. The van der Waals surface area contributed by atoms with Crippen LogP contribution in [0.3, 0.4) is 0 Å². The second-order valence-electron chi connectivity index (χ2n) is 8.39. The van der Waals surface area contributed by atoms with Crippen molar-refractivity contribution >= 4 is 6.47 Å². The smallest absolute Gasteiger partial charge is 0.297 e. The highest BCUT2D eigenvalue weighted by atomic mass is 16.5. The van der Waals surface area contributed by atoms with Gasteiger partial charge < -0.3 is 4.74 Å². The van der Waals surface area contributed by atoms with Crippen molar-refractivity contribution in [1.29, 1.82) is 0 Å². The predicted molar refractivity (Wildman–Crippen MR) is 91.2 cm³/mol. The predicted octanol–water partition coefficient (Wildman–Crippen LogP) is 5.64. The molecular weight excluding hydrogens is 272 g/mol. The van der Waals surface area contributed by atoms with E-state index in [-0.39, 0.29) is 0 Å². The van der Waals surface area contributed by atoms with Crippen LogP contribution in [0.2, 0.25) is 0 Å². The van der Waals surface area contributed by atoms with E-state index in [9.17, 15) is 4.79 Å². The summed E-state index contributed by atoms with van der Waals surface area (Å²) in [6.07, 6.45) is 10.2. The fourth-order valence-corrected chi connectivity index (χ4v) is 5.38. The number of fused-ring (bicyclic) bond motifs is 1. The average molecular weight is 304 g/mol. The third-order valence-corrected chi connectivity index (χ3v) is 6.47. The summed E-state index contributed by atoms with van der Waals surface area (Å²) >= 11 is 0. The first-order valence-electron chi connectivity index (χ1n) is 8.73. The standard InChI is InChI=1S/C20H32O2/c1-15(13-22-14-21)7-9-17-16(2)8-10-18-19(3,4)11-6-12-20(17,18)5/h13-14,17-18H,2,6-12H2,1,3-5H3/b15-13-/t17-,18-,20+/m0/s1. The summed E-state index contributed by atoms with van der Waals surface area (Å²) in [6, 6.07) is 0. The van der Waals surface area contributed by atoms with Crippen LogP contribution in [-0.4, -0.2) is 6.47 Å². The SMILES string of the molecule is C=C1CC[C@H]2C(C)(C)CCC[C@]2(C)[C@H]1CC/C(C)=C\OC=O. The molecule has 0 bridgehead atoms. The number of ether oxygens (including phenoxy) is 1. The molecule has 2 nitrogen and oxygen atoms in total. The van der Waals surface area contributed by atoms with Crippen LogP contribution in [0.1, 0.15) is 72.6 Å². The third-order valence-electron chi connectivity index (χ3n) is 6.47. The van der Waals surface area contributed by atoms with E-state index in [0.717, 1.165) is 24.3 Å². The van der Waals surface area contributed by atoms with Gasteiger partial charge in [-0.25, -0.2) is 0 Å². The van der Waals surface area contributed by atoms with E-state index in [1.807, 2.05) is 6.92 Å². The first-order chi connectivity index (χ1) is 10.3. The van der Waals surface area contributed by atoms with Crippen molar-refractivity contribution < 1.29 is 9.53 Å². The lowest BCUT2D eigenvalue weighted by Gasteiger charge is -2.58. The van der Waals surface area contributed by atoms with E-state index in [0.29, 0.717) is 23.2 Å². The molecule has 124 valence electrons. The minimum absolute atomic E-state index is 0.392. The Morgan fingerprint density at radius 2 is 2.09 bits per heavy atom. The zero-order valence-corrected chi connectivity index (χ0v) is 14.8. The quantitative estimate of drug-likeness (QED) is 0.373. The van der Waals surface area contributed by atoms with Crippen LogP contribution in [-0.2, 0) is 9.53 Å². The van der Waals surface area contributed by atoms with Crippen molar-refractivity contribution in [1.82, 2.24) is 0 Å². The molecule has 2 aliphatic carbocycles. The topological polar surface area (TPSA) is 26.3 Å². The Kier molecular flexibility index (Phi) is 5.19. The monoisotopic (exact) mass is 304 g/mol. The van der Waals surface area contributed by atoms with Crippen molar-refractivity contribution in [3.63, 3.8) is 0 Å². The van der Waals surface area contributed by atoms with Gasteiger partial charge in [0.1, 0.15) is 0 Å². The molecule has 0 aliphatic heterocycles. The van der Waals surface area contributed by atoms with Crippen molar-refractivity contribution in [2.45, 2.75) is 72.6 Å². The molecule has 2 rings (SSSR count). The number of allylic oxidation sites excluding steroid dienone is 2. The van der Waals surface area contributed by atoms with Crippen LogP contribution in [0.5, 0.6) is 0 Å². The van der Waals surface area contributed by atoms with Crippen LogP contribution in [0.15, 0.2) is 24.0 Å². The lowest BCUT2D eigenvalue weighted by atomic mass is 9.47. The second-order valence-corrected chi connectivity index (χ2v) is 8.39. The zero-order chi connectivity index (χ0) is 16.4. The summed E-state index contributed by atoms with van der Waals surface area (Å²) in [4.78, 5) is 10.3. The van der Waals surface area contributed by atoms with Gasteiger partial charge in [0.05, 0.1) is 6.26 Å². The van der Waals surface area contributed by atoms with Crippen LogP contribution in [0.4, 0.5) is 0 Å². The van der Waals surface area contributed by atoms with Crippen LogP contribution < -0.4 is 0 Å². The summed E-state index contributed by atoms with van der Waals surface area (Å²) in [5.41, 5.74) is 3.43. The molecule has 0 N–H and O–H groups in total. The van der Waals surface area contributed by atoms with Gasteiger partial charge in [-0.05, 0) is 73.7 Å². The van der Waals surface area contributed by atoms with Crippen molar-refractivity contribution in [2.75, 3.05) is 0 Å². The van der Waals surface area contributed by atoms with Crippen LogP contribution >= 0.6 is 0 Å². The Balaban J connectivity index is 2.14. The van der Waals surface area contributed by atoms with E-state index in [2.05, 4.69) is 27.4 Å². The summed E-state index contributed by atoms with van der Waals surface area (Å²) in [5.74, 6) is 1.41. The van der Waals surface area contributed by atoms with Gasteiger partial charge in [-0.3, -0.25) is 4.79 Å². The Morgan fingerprint density at radius 3 is 2.77 bits per heavy atom. The molecule has 0 saturated heterocycles. The molecule has 0 unspecified atom stereocenters. The molecule has 0 aromatic heterocycles. The van der Waals surface area contributed by atoms with Crippen molar-refractivity contribution in [2.24, 2.45) is 22.7 Å². The maximum Gasteiger partial charge on any atom is 0.297 e. The van der Waals surface area contributed by atoms with Crippen LogP contribution in [0.25, 0.3) is 0 Å². The molecule has 2 heteroatoms. The summed E-state index contributed by atoms with van der Waals surface area (Å²) in [7, 11) is 0. The molecule has 0 heterocycles. The number of carbonyl (C=O) groups excluding carboxylic acids is 1. The molecular formula is C20H32O2. The number of hydrogen-bond donors (Lipinski definition) is 0. The van der Waals surface area contributed by atoms with Gasteiger partial charge in [-0.15, -0.1) is 0 Å². The highest BCUT2D eigenvalue weighted by Gasteiger charge is 2.52. The van der Waals surface area contributed by atoms with E-state index >= 15 is 0 Å². The molecule has 2 aliphatic rings. The highest BCUT2D eigenvalue weighted by molar-refractivity contribution is 5.38. The molecule has 0 spiro atoms.